The number of carbonyl (C=O) groups excluding carboxylic acids is 2. The van der Waals surface area contributed by atoms with Crippen LogP contribution in [0, 0.1) is 21.4 Å². The number of hydrogen-bond donors (Lipinski definition) is 2. The molecule has 24 heavy (non-hydrogen) atoms. The summed E-state index contributed by atoms with van der Waals surface area (Å²) in [5.74, 6) is 0. The van der Waals surface area contributed by atoms with Crippen molar-refractivity contribution in [2.45, 2.75) is 38.8 Å². The lowest BCUT2D eigenvalue weighted by molar-refractivity contribution is -0.385. The highest BCUT2D eigenvalue weighted by Crippen LogP contribution is 2.22. The third-order valence-corrected chi connectivity index (χ3v) is 3.14. The fourth-order valence-electron chi connectivity index (χ4n) is 1.85. The Labute approximate surface area is 144 Å². The molecule has 0 aliphatic heterocycles. The van der Waals surface area contributed by atoms with Gasteiger partial charge >= 0.3 is 6.09 Å². The molecule has 8 nitrogen and oxygen atoms in total. The van der Waals surface area contributed by atoms with Crippen LogP contribution >= 0.6 is 12.6 Å². The van der Waals surface area contributed by atoms with E-state index in [1.165, 1.54) is 12.1 Å². The Balaban J connectivity index is 3.02. The van der Waals surface area contributed by atoms with E-state index in [9.17, 15) is 19.7 Å². The minimum absolute atomic E-state index is 0.124. The maximum absolute atomic E-state index is 11.8. The van der Waals surface area contributed by atoms with E-state index in [4.69, 9.17) is 10.00 Å². The molecule has 1 rings (SSSR count). The zero-order chi connectivity index (χ0) is 18.5. The van der Waals surface area contributed by atoms with Crippen molar-refractivity contribution in [1.29, 1.82) is 5.26 Å². The second-order valence-corrected chi connectivity index (χ2v) is 6.39. The Morgan fingerprint density at radius 1 is 1.46 bits per heavy atom. The lowest BCUT2D eigenvalue weighted by atomic mass is 10.0. The van der Waals surface area contributed by atoms with Gasteiger partial charge in [-0.05, 0) is 26.8 Å². The summed E-state index contributed by atoms with van der Waals surface area (Å²) in [6.45, 7) is 4.99. The number of ether oxygens (including phenoxy) is 1. The Bertz CT molecular complexity index is 706. The number of nitriles is 1. The molecule has 1 aromatic carbocycles. The first kappa shape index (κ1) is 19.4. The van der Waals surface area contributed by atoms with Gasteiger partial charge in [0.25, 0.3) is 5.69 Å². The largest absolute Gasteiger partial charge is 0.444 e. The molecule has 0 saturated carbocycles. The Morgan fingerprint density at radius 2 is 2.08 bits per heavy atom. The van der Waals surface area contributed by atoms with Crippen LogP contribution in [0.4, 0.5) is 10.5 Å². The number of alkyl carbamates (subject to hydrolysis) is 1. The van der Waals surface area contributed by atoms with Gasteiger partial charge in [-0.3, -0.25) is 14.9 Å². The molecule has 9 heteroatoms. The van der Waals surface area contributed by atoms with E-state index in [0.29, 0.717) is 0 Å². The molecule has 0 aromatic heterocycles. The van der Waals surface area contributed by atoms with Crippen molar-refractivity contribution in [3.63, 3.8) is 0 Å². The minimum Gasteiger partial charge on any atom is -0.444 e. The van der Waals surface area contributed by atoms with Crippen LogP contribution in [0.25, 0.3) is 0 Å². The molecule has 0 heterocycles. The van der Waals surface area contributed by atoms with E-state index in [-0.39, 0.29) is 23.2 Å². The molecular weight excluding hydrogens is 334 g/mol. The fourth-order valence-corrected chi connectivity index (χ4v) is 2.00. The molecular formula is C15H17N3O5S. The molecule has 0 aliphatic carbocycles. The molecule has 0 radical (unpaired) electrons. The summed E-state index contributed by atoms with van der Waals surface area (Å²) in [5.41, 5.74) is -0.740. The van der Waals surface area contributed by atoms with Gasteiger partial charge in [0.15, 0.2) is 0 Å². The number of nitro groups is 1. The van der Waals surface area contributed by atoms with E-state index in [2.05, 4.69) is 17.9 Å². The van der Waals surface area contributed by atoms with Gasteiger partial charge in [0, 0.05) is 18.1 Å². The zero-order valence-corrected chi connectivity index (χ0v) is 14.3. The predicted molar refractivity (Wildman–Crippen MR) is 88.7 cm³/mol. The summed E-state index contributed by atoms with van der Waals surface area (Å²) in [5, 5.41) is 21.6. The number of benzene rings is 1. The van der Waals surface area contributed by atoms with Crippen LogP contribution in [0.5, 0.6) is 0 Å². The van der Waals surface area contributed by atoms with Crippen molar-refractivity contribution in [1.82, 2.24) is 5.32 Å². The van der Waals surface area contributed by atoms with E-state index in [1.807, 2.05) is 6.07 Å². The molecule has 1 amide bonds. The second-order valence-electron chi connectivity index (χ2n) is 5.95. The number of hydrogen-bond acceptors (Lipinski definition) is 6. The van der Waals surface area contributed by atoms with Gasteiger partial charge in [-0.1, -0.05) is 6.07 Å². The second kappa shape index (κ2) is 7.79. The van der Waals surface area contributed by atoms with E-state index in [1.54, 1.807) is 20.8 Å². The predicted octanol–water partition coefficient (Wildman–Crippen LogP) is 2.36. The first-order valence-corrected chi connectivity index (χ1v) is 7.38. The van der Waals surface area contributed by atoms with Gasteiger partial charge in [-0.15, -0.1) is 12.6 Å². The smallest absolute Gasteiger partial charge is 0.408 e. The first-order valence-electron chi connectivity index (χ1n) is 6.93. The van der Waals surface area contributed by atoms with Crippen LogP contribution in [0.15, 0.2) is 18.2 Å². The zero-order valence-electron chi connectivity index (χ0n) is 13.4. The topological polar surface area (TPSA) is 122 Å². The molecule has 1 aromatic rings. The summed E-state index contributed by atoms with van der Waals surface area (Å²) in [6, 6.07) is 4.59. The highest BCUT2D eigenvalue weighted by Gasteiger charge is 2.26. The lowest BCUT2D eigenvalue weighted by Gasteiger charge is -2.22. The third-order valence-electron chi connectivity index (χ3n) is 2.82. The van der Waals surface area contributed by atoms with Crippen LogP contribution in [0.3, 0.4) is 0 Å². The summed E-state index contributed by atoms with van der Waals surface area (Å²) < 4.78 is 5.06. The van der Waals surface area contributed by atoms with E-state index in [0.717, 1.165) is 6.07 Å². The summed E-state index contributed by atoms with van der Waals surface area (Å²) in [7, 11) is 0. The summed E-state index contributed by atoms with van der Waals surface area (Å²) in [6.07, 6.45) is -0.977. The third kappa shape index (κ3) is 5.89. The molecule has 0 bridgehead atoms. The van der Waals surface area contributed by atoms with Gasteiger partial charge in [-0.2, -0.15) is 5.26 Å². The lowest BCUT2D eigenvalue weighted by Crippen LogP contribution is -2.43. The monoisotopic (exact) mass is 351 g/mol. The quantitative estimate of drug-likeness (QED) is 0.477. The van der Waals surface area contributed by atoms with Crippen molar-refractivity contribution in [3.8, 4) is 6.07 Å². The molecule has 0 aliphatic rings. The standard InChI is InChI=1S/C15H17N3O5S/c1-15(2,3)23-14(20)17-11(13(19)24)7-10-5-4-9(8-16)6-12(10)18(21)22/h4-6,11H,7H2,1-3H3,(H,17,20)(H,19,24)/t11-/m1/s1. The Kier molecular flexibility index (Phi) is 6.31. The number of nitrogens with zero attached hydrogens (tertiary/aromatic N) is 2. The van der Waals surface area contributed by atoms with Gasteiger partial charge < -0.3 is 10.1 Å². The number of rotatable bonds is 5. The average molecular weight is 351 g/mol. The normalized spacial score (nSPS) is 12.0. The van der Waals surface area contributed by atoms with E-state index >= 15 is 0 Å². The fraction of sp³-hybridized carbons (Fsp3) is 0.400. The van der Waals surface area contributed by atoms with Crippen LogP contribution in [0.2, 0.25) is 0 Å². The number of thiol groups is 1. The minimum atomic E-state index is -1.10. The van der Waals surface area contributed by atoms with Crippen LogP contribution < -0.4 is 5.32 Å². The molecule has 1 N–H and O–H groups in total. The Hall–Kier alpha value is -2.60. The summed E-state index contributed by atoms with van der Waals surface area (Å²) in [4.78, 5) is 33.9. The first-order chi connectivity index (χ1) is 11.0. The average Bonchev–Trinajstić information content (AvgIpc) is 2.44. The molecule has 128 valence electrons. The van der Waals surface area contributed by atoms with Crippen molar-refractivity contribution in [2.75, 3.05) is 0 Å². The summed E-state index contributed by atoms with van der Waals surface area (Å²) >= 11 is 3.70. The molecule has 0 saturated heterocycles. The van der Waals surface area contributed by atoms with Crippen molar-refractivity contribution < 1.29 is 19.2 Å². The van der Waals surface area contributed by atoms with Crippen molar-refractivity contribution >= 4 is 29.5 Å². The molecule has 1 atom stereocenters. The number of carbonyl (C=O) groups is 2. The van der Waals surface area contributed by atoms with Crippen LogP contribution in [-0.2, 0) is 16.0 Å². The van der Waals surface area contributed by atoms with Gasteiger partial charge in [-0.25, -0.2) is 4.79 Å². The van der Waals surface area contributed by atoms with Gasteiger partial charge in [0.05, 0.1) is 16.6 Å². The highest BCUT2D eigenvalue weighted by molar-refractivity contribution is 7.96. The highest BCUT2D eigenvalue weighted by atomic mass is 32.1. The van der Waals surface area contributed by atoms with Crippen molar-refractivity contribution in [2.24, 2.45) is 0 Å². The van der Waals surface area contributed by atoms with Crippen LogP contribution in [0.1, 0.15) is 31.9 Å². The maximum Gasteiger partial charge on any atom is 0.408 e. The molecule has 0 unspecified atom stereocenters. The molecule has 0 spiro atoms. The van der Waals surface area contributed by atoms with Gasteiger partial charge in [0.1, 0.15) is 11.6 Å². The Morgan fingerprint density at radius 3 is 2.54 bits per heavy atom. The van der Waals surface area contributed by atoms with Crippen LogP contribution in [-0.4, -0.2) is 27.8 Å². The number of amides is 1. The van der Waals surface area contributed by atoms with Crippen molar-refractivity contribution in [3.05, 3.63) is 39.4 Å². The number of nitrogens with one attached hydrogen (secondary N) is 1. The maximum atomic E-state index is 11.8. The molecule has 0 fully saturated rings. The number of nitro benzene ring substituents is 1. The van der Waals surface area contributed by atoms with Gasteiger partial charge in [0.2, 0.25) is 5.12 Å². The SMILES string of the molecule is CC(C)(C)OC(=O)N[C@H](Cc1ccc(C#N)cc1[N+](=O)[O-])C(=O)S. The van der Waals surface area contributed by atoms with E-state index < -0.39 is 27.8 Å².